The second-order valence-corrected chi connectivity index (χ2v) is 4.30. The molecule has 1 aliphatic heterocycles. The summed E-state index contributed by atoms with van der Waals surface area (Å²) in [6, 6.07) is 4.44. The SMILES string of the molecule is COc1cc2c(cc1OC)[C@H](CCO)[NH2+]CC2. The fraction of sp³-hybridized carbons (Fsp3) is 0.538. The van der Waals surface area contributed by atoms with Crippen LogP contribution in [0, 0.1) is 0 Å². The highest BCUT2D eigenvalue weighted by molar-refractivity contribution is 5.48. The van der Waals surface area contributed by atoms with E-state index in [-0.39, 0.29) is 6.61 Å². The Balaban J connectivity index is 2.39. The van der Waals surface area contributed by atoms with Crippen molar-refractivity contribution in [3.8, 4) is 11.5 Å². The van der Waals surface area contributed by atoms with Crippen LogP contribution in [0.4, 0.5) is 0 Å². The number of hydrogen-bond acceptors (Lipinski definition) is 3. The van der Waals surface area contributed by atoms with Crippen LogP contribution in [0.2, 0.25) is 0 Å². The van der Waals surface area contributed by atoms with Crippen molar-refractivity contribution in [1.82, 2.24) is 0 Å². The van der Waals surface area contributed by atoms with Gasteiger partial charge in [-0.15, -0.1) is 0 Å². The summed E-state index contributed by atoms with van der Waals surface area (Å²) in [5, 5.41) is 11.4. The Bertz CT molecular complexity index is 392. The minimum Gasteiger partial charge on any atom is -0.493 e. The Morgan fingerprint density at radius 1 is 1.29 bits per heavy atom. The minimum atomic E-state index is 0.217. The van der Waals surface area contributed by atoms with E-state index in [0.29, 0.717) is 6.04 Å². The monoisotopic (exact) mass is 238 g/mol. The van der Waals surface area contributed by atoms with E-state index in [1.54, 1.807) is 14.2 Å². The van der Waals surface area contributed by atoms with Crippen LogP contribution in [0.5, 0.6) is 11.5 Å². The third kappa shape index (κ3) is 2.37. The molecular formula is C13H20NO3+. The number of aliphatic hydroxyl groups is 1. The van der Waals surface area contributed by atoms with Gasteiger partial charge in [-0.3, -0.25) is 0 Å². The van der Waals surface area contributed by atoms with Crippen LogP contribution in [-0.2, 0) is 6.42 Å². The lowest BCUT2D eigenvalue weighted by atomic mass is 9.92. The number of nitrogens with two attached hydrogens (primary N) is 1. The first-order chi connectivity index (χ1) is 8.30. The fourth-order valence-corrected chi connectivity index (χ4v) is 2.48. The van der Waals surface area contributed by atoms with Crippen molar-refractivity contribution in [2.75, 3.05) is 27.4 Å². The zero-order valence-electron chi connectivity index (χ0n) is 10.4. The van der Waals surface area contributed by atoms with Crippen LogP contribution in [0.3, 0.4) is 0 Å². The molecular weight excluding hydrogens is 218 g/mol. The standard InChI is InChI=1S/C13H19NO3/c1-16-12-7-9-3-5-14-11(4-6-15)10(9)8-13(12)17-2/h7-8,11,14-15H,3-6H2,1-2H3/p+1/t11-/m0/s1. The van der Waals surface area contributed by atoms with Crippen LogP contribution >= 0.6 is 0 Å². The number of quaternary nitrogens is 1. The number of methoxy groups -OCH3 is 2. The van der Waals surface area contributed by atoms with E-state index < -0.39 is 0 Å². The molecule has 0 fully saturated rings. The molecule has 2 rings (SSSR count). The molecule has 0 aliphatic carbocycles. The third-order valence-electron chi connectivity index (χ3n) is 3.35. The van der Waals surface area contributed by atoms with E-state index in [4.69, 9.17) is 14.6 Å². The second-order valence-electron chi connectivity index (χ2n) is 4.30. The number of hydrogen-bond donors (Lipinski definition) is 2. The van der Waals surface area contributed by atoms with Crippen molar-refractivity contribution >= 4 is 0 Å². The van der Waals surface area contributed by atoms with Gasteiger partial charge in [0.1, 0.15) is 6.04 Å². The number of rotatable bonds is 4. The van der Waals surface area contributed by atoms with Crippen molar-refractivity contribution in [3.63, 3.8) is 0 Å². The molecule has 1 aromatic carbocycles. The van der Waals surface area contributed by atoms with Gasteiger partial charge in [-0.2, -0.15) is 0 Å². The largest absolute Gasteiger partial charge is 0.493 e. The van der Waals surface area contributed by atoms with Crippen LogP contribution in [-0.4, -0.2) is 32.5 Å². The van der Waals surface area contributed by atoms with E-state index in [0.717, 1.165) is 30.9 Å². The van der Waals surface area contributed by atoms with Gasteiger partial charge >= 0.3 is 0 Å². The zero-order valence-corrected chi connectivity index (χ0v) is 10.4. The van der Waals surface area contributed by atoms with Crippen LogP contribution in [0.25, 0.3) is 0 Å². The van der Waals surface area contributed by atoms with E-state index in [2.05, 4.69) is 11.4 Å². The maximum atomic E-state index is 9.10. The summed E-state index contributed by atoms with van der Waals surface area (Å²) in [6.45, 7) is 1.28. The average Bonchev–Trinajstić information content (AvgIpc) is 2.38. The Hall–Kier alpha value is -1.26. The van der Waals surface area contributed by atoms with Crippen LogP contribution < -0.4 is 14.8 Å². The highest BCUT2D eigenvalue weighted by Gasteiger charge is 2.24. The summed E-state index contributed by atoms with van der Waals surface area (Å²) in [5.74, 6) is 1.56. The molecule has 1 heterocycles. The Kier molecular flexibility index (Phi) is 3.86. The molecule has 94 valence electrons. The molecule has 1 atom stereocenters. The first kappa shape index (κ1) is 12.2. The first-order valence-electron chi connectivity index (χ1n) is 5.99. The zero-order chi connectivity index (χ0) is 12.3. The lowest BCUT2D eigenvalue weighted by molar-refractivity contribution is -0.699. The Labute approximate surface area is 102 Å². The molecule has 1 aromatic rings. The van der Waals surface area contributed by atoms with E-state index in [9.17, 15) is 0 Å². The van der Waals surface area contributed by atoms with Gasteiger partial charge in [-0.25, -0.2) is 0 Å². The van der Waals surface area contributed by atoms with Gasteiger partial charge in [0, 0.05) is 25.0 Å². The number of ether oxygens (including phenoxy) is 2. The molecule has 0 bridgehead atoms. The molecule has 4 nitrogen and oxygen atoms in total. The molecule has 0 spiro atoms. The van der Waals surface area contributed by atoms with Crippen molar-refractivity contribution in [3.05, 3.63) is 23.3 Å². The molecule has 0 unspecified atom stereocenters. The lowest BCUT2D eigenvalue weighted by Crippen LogP contribution is -2.87. The molecule has 0 saturated heterocycles. The van der Waals surface area contributed by atoms with Gasteiger partial charge in [0.25, 0.3) is 0 Å². The predicted molar refractivity (Wildman–Crippen MR) is 64.5 cm³/mol. The smallest absolute Gasteiger partial charge is 0.161 e. The van der Waals surface area contributed by atoms with Gasteiger partial charge in [-0.05, 0) is 17.7 Å². The molecule has 17 heavy (non-hydrogen) atoms. The summed E-state index contributed by atoms with van der Waals surface area (Å²) < 4.78 is 10.6. The maximum absolute atomic E-state index is 9.10. The van der Waals surface area contributed by atoms with E-state index in [1.165, 1.54) is 11.1 Å². The molecule has 0 radical (unpaired) electrons. The first-order valence-corrected chi connectivity index (χ1v) is 5.99. The predicted octanol–water partition coefficient (Wildman–Crippen LogP) is 0.247. The molecule has 0 saturated carbocycles. The second kappa shape index (κ2) is 5.38. The van der Waals surface area contributed by atoms with E-state index in [1.807, 2.05) is 6.07 Å². The van der Waals surface area contributed by atoms with Crippen molar-refractivity contribution in [2.24, 2.45) is 0 Å². The number of aliphatic hydroxyl groups excluding tert-OH is 1. The van der Waals surface area contributed by atoms with Gasteiger partial charge < -0.3 is 19.9 Å². The highest BCUT2D eigenvalue weighted by atomic mass is 16.5. The summed E-state index contributed by atoms with van der Waals surface area (Å²) in [6.07, 6.45) is 1.82. The Morgan fingerprint density at radius 2 is 2.00 bits per heavy atom. The number of benzene rings is 1. The number of fused-ring (bicyclic) bond motifs is 1. The van der Waals surface area contributed by atoms with Gasteiger partial charge in [0.05, 0.1) is 20.8 Å². The molecule has 4 heteroatoms. The lowest BCUT2D eigenvalue weighted by Gasteiger charge is -2.24. The normalized spacial score (nSPS) is 18.6. The summed E-state index contributed by atoms with van der Waals surface area (Å²) in [7, 11) is 3.31. The summed E-state index contributed by atoms with van der Waals surface area (Å²) in [4.78, 5) is 0. The van der Waals surface area contributed by atoms with Gasteiger partial charge in [0.2, 0.25) is 0 Å². The molecule has 0 amide bonds. The van der Waals surface area contributed by atoms with E-state index >= 15 is 0 Å². The quantitative estimate of drug-likeness (QED) is 0.790. The van der Waals surface area contributed by atoms with Crippen LogP contribution in [0.15, 0.2) is 12.1 Å². The summed E-state index contributed by atoms with van der Waals surface area (Å²) >= 11 is 0. The Morgan fingerprint density at radius 3 is 2.65 bits per heavy atom. The summed E-state index contributed by atoms with van der Waals surface area (Å²) in [5.41, 5.74) is 2.58. The fourth-order valence-electron chi connectivity index (χ4n) is 2.48. The average molecular weight is 238 g/mol. The molecule has 0 aromatic heterocycles. The topological polar surface area (TPSA) is 55.3 Å². The van der Waals surface area contributed by atoms with Crippen molar-refractivity contribution in [2.45, 2.75) is 18.9 Å². The van der Waals surface area contributed by atoms with Crippen molar-refractivity contribution < 1.29 is 19.9 Å². The maximum Gasteiger partial charge on any atom is 0.161 e. The molecule has 3 N–H and O–H groups in total. The van der Waals surface area contributed by atoms with Gasteiger partial charge in [-0.1, -0.05) is 0 Å². The van der Waals surface area contributed by atoms with Crippen molar-refractivity contribution in [1.29, 1.82) is 0 Å². The highest BCUT2D eigenvalue weighted by Crippen LogP contribution is 2.34. The minimum absolute atomic E-state index is 0.217. The molecule has 1 aliphatic rings. The van der Waals surface area contributed by atoms with Crippen LogP contribution in [0.1, 0.15) is 23.6 Å². The third-order valence-corrected chi connectivity index (χ3v) is 3.35. The van der Waals surface area contributed by atoms with Gasteiger partial charge in [0.15, 0.2) is 11.5 Å².